The van der Waals surface area contributed by atoms with E-state index in [2.05, 4.69) is 14.7 Å². The summed E-state index contributed by atoms with van der Waals surface area (Å²) in [5, 5.41) is 11.3. The second kappa shape index (κ2) is 10.1. The van der Waals surface area contributed by atoms with E-state index < -0.39 is 22.2 Å². The molecular formula is C17H27F3N4O5S. The fraction of sp³-hybridized carbons (Fsp3) is 0.765. The Morgan fingerprint density at radius 3 is 2.60 bits per heavy atom. The molecule has 0 unspecified atom stereocenters. The first-order chi connectivity index (χ1) is 13.9. The molecule has 2 aliphatic rings. The summed E-state index contributed by atoms with van der Waals surface area (Å²) in [5.41, 5.74) is 1.15. The van der Waals surface area contributed by atoms with Gasteiger partial charge in [0.15, 0.2) is 0 Å². The van der Waals surface area contributed by atoms with Crippen molar-refractivity contribution >= 4 is 16.0 Å². The van der Waals surface area contributed by atoms with Gasteiger partial charge in [0.25, 0.3) is 0 Å². The normalized spacial score (nSPS) is 25.2. The number of fused-ring (bicyclic) bond motifs is 1. The third-order valence-electron chi connectivity index (χ3n) is 4.96. The van der Waals surface area contributed by atoms with Gasteiger partial charge >= 0.3 is 12.1 Å². The van der Waals surface area contributed by atoms with Gasteiger partial charge in [0.1, 0.15) is 0 Å². The van der Waals surface area contributed by atoms with Crippen molar-refractivity contribution in [1.82, 2.24) is 19.4 Å². The van der Waals surface area contributed by atoms with Crippen LogP contribution in [0.25, 0.3) is 0 Å². The van der Waals surface area contributed by atoms with E-state index in [1.165, 1.54) is 0 Å². The van der Waals surface area contributed by atoms with Crippen molar-refractivity contribution in [3.63, 3.8) is 0 Å². The fourth-order valence-electron chi connectivity index (χ4n) is 3.65. The van der Waals surface area contributed by atoms with E-state index in [0.717, 1.165) is 38.1 Å². The quantitative estimate of drug-likeness (QED) is 0.679. The van der Waals surface area contributed by atoms with Crippen molar-refractivity contribution in [2.45, 2.75) is 44.6 Å². The highest BCUT2D eigenvalue weighted by molar-refractivity contribution is 7.89. The van der Waals surface area contributed by atoms with Gasteiger partial charge in [-0.25, -0.2) is 17.9 Å². The van der Waals surface area contributed by atoms with Crippen LogP contribution in [-0.4, -0.2) is 77.9 Å². The number of halogens is 3. The molecule has 30 heavy (non-hydrogen) atoms. The third kappa shape index (κ3) is 7.22. The van der Waals surface area contributed by atoms with Crippen molar-refractivity contribution in [2.24, 2.45) is 13.0 Å². The second-order valence-corrected chi connectivity index (χ2v) is 9.43. The Balaban J connectivity index is 0.000000396. The van der Waals surface area contributed by atoms with Gasteiger partial charge in [0.2, 0.25) is 10.0 Å². The van der Waals surface area contributed by atoms with Crippen LogP contribution in [0, 0.1) is 5.92 Å². The zero-order chi connectivity index (χ0) is 22.5. The summed E-state index contributed by atoms with van der Waals surface area (Å²) in [6, 6.07) is -0.171. The number of alkyl halides is 3. The monoisotopic (exact) mass is 456 g/mol. The van der Waals surface area contributed by atoms with Crippen LogP contribution in [0.5, 0.6) is 0 Å². The van der Waals surface area contributed by atoms with Crippen LogP contribution < -0.4 is 4.72 Å². The number of carboxylic acids is 1. The number of nitrogens with one attached hydrogen (secondary N) is 1. The average Bonchev–Trinajstić information content (AvgIpc) is 3.06. The predicted molar refractivity (Wildman–Crippen MR) is 101 cm³/mol. The number of carbonyl (C=O) groups is 1. The number of nitrogens with zero attached hydrogens (tertiary/aromatic N) is 3. The predicted octanol–water partition coefficient (Wildman–Crippen LogP) is 0.972. The highest BCUT2D eigenvalue weighted by atomic mass is 32.2. The Labute approximate surface area is 173 Å². The van der Waals surface area contributed by atoms with Crippen molar-refractivity contribution in [2.75, 3.05) is 25.4 Å². The van der Waals surface area contributed by atoms with Gasteiger partial charge in [0.05, 0.1) is 24.1 Å². The van der Waals surface area contributed by atoms with Gasteiger partial charge in [0, 0.05) is 45.0 Å². The fourth-order valence-corrected chi connectivity index (χ4v) is 4.49. The van der Waals surface area contributed by atoms with E-state index in [-0.39, 0.29) is 17.9 Å². The largest absolute Gasteiger partial charge is 0.490 e. The lowest BCUT2D eigenvalue weighted by atomic mass is 9.85. The molecule has 9 nitrogen and oxygen atoms in total. The van der Waals surface area contributed by atoms with Crippen LogP contribution in [0.2, 0.25) is 0 Å². The number of piperidine rings is 1. The molecule has 2 saturated heterocycles. The third-order valence-corrected chi connectivity index (χ3v) is 6.38. The molecule has 1 aromatic rings. The topological polar surface area (TPSA) is 114 Å². The molecule has 2 fully saturated rings. The summed E-state index contributed by atoms with van der Waals surface area (Å²) in [6.07, 6.45) is 0.937. The number of hydrogen-bond acceptors (Lipinski definition) is 6. The molecule has 0 radical (unpaired) electrons. The zero-order valence-electron chi connectivity index (χ0n) is 16.8. The molecule has 3 heterocycles. The molecule has 0 aliphatic carbocycles. The van der Waals surface area contributed by atoms with Gasteiger partial charge in [-0.3, -0.25) is 9.58 Å². The van der Waals surface area contributed by atoms with Gasteiger partial charge in [-0.15, -0.1) is 0 Å². The number of aromatic nitrogens is 2. The molecule has 0 spiro atoms. The van der Waals surface area contributed by atoms with E-state index >= 15 is 0 Å². The Kier molecular flexibility index (Phi) is 8.25. The maximum absolute atomic E-state index is 12.0. The first kappa shape index (κ1) is 24.6. The van der Waals surface area contributed by atoms with Gasteiger partial charge in [-0.2, -0.15) is 18.3 Å². The molecule has 2 N–H and O–H groups in total. The van der Waals surface area contributed by atoms with Crippen LogP contribution in [0.3, 0.4) is 0 Å². The lowest BCUT2D eigenvalue weighted by molar-refractivity contribution is -0.192. The summed E-state index contributed by atoms with van der Waals surface area (Å²) in [4.78, 5) is 11.2. The maximum atomic E-state index is 12.0. The van der Waals surface area contributed by atoms with E-state index in [4.69, 9.17) is 14.6 Å². The number of carboxylic acid groups (broad SMARTS) is 1. The SMILES string of the molecule is CCS(=O)(=O)N[C@@H]1CN(Cc2cnn(C)c2)C[C@@H]2CCCO[C@@H]21.O=C(O)C(F)(F)F. The first-order valence-electron chi connectivity index (χ1n) is 9.53. The number of ether oxygens (including phenoxy) is 1. The molecule has 172 valence electrons. The zero-order valence-corrected chi connectivity index (χ0v) is 17.6. The number of rotatable bonds is 5. The van der Waals surface area contributed by atoms with E-state index in [9.17, 15) is 21.6 Å². The summed E-state index contributed by atoms with van der Waals surface area (Å²) < 4.78 is 66.3. The second-order valence-electron chi connectivity index (χ2n) is 7.38. The summed E-state index contributed by atoms with van der Waals surface area (Å²) >= 11 is 0. The van der Waals surface area contributed by atoms with E-state index in [0.29, 0.717) is 12.5 Å². The number of aryl methyl sites for hydroxylation is 1. The highest BCUT2D eigenvalue weighted by Gasteiger charge is 2.40. The molecule has 0 aromatic carbocycles. The van der Waals surface area contributed by atoms with Crippen LogP contribution in [0.15, 0.2) is 12.4 Å². The Hall–Kier alpha value is -1.70. The highest BCUT2D eigenvalue weighted by Crippen LogP contribution is 2.29. The molecule has 0 amide bonds. The minimum absolute atomic E-state index is 0.00442. The average molecular weight is 456 g/mol. The maximum Gasteiger partial charge on any atom is 0.490 e. The Morgan fingerprint density at radius 1 is 1.40 bits per heavy atom. The lowest BCUT2D eigenvalue weighted by Crippen LogP contribution is -2.60. The van der Waals surface area contributed by atoms with Gasteiger partial charge in [-0.05, 0) is 25.7 Å². The molecule has 3 rings (SSSR count). The smallest absolute Gasteiger partial charge is 0.475 e. The summed E-state index contributed by atoms with van der Waals surface area (Å²) in [6.45, 7) is 4.81. The van der Waals surface area contributed by atoms with Crippen molar-refractivity contribution in [3.8, 4) is 0 Å². The molecule has 2 aliphatic heterocycles. The van der Waals surface area contributed by atoms with Crippen LogP contribution in [-0.2, 0) is 33.1 Å². The minimum Gasteiger partial charge on any atom is -0.475 e. The van der Waals surface area contributed by atoms with Crippen molar-refractivity contribution in [3.05, 3.63) is 18.0 Å². The van der Waals surface area contributed by atoms with Crippen LogP contribution in [0.4, 0.5) is 13.2 Å². The summed E-state index contributed by atoms with van der Waals surface area (Å²) in [5.74, 6) is -2.27. The first-order valence-corrected chi connectivity index (χ1v) is 11.2. The Bertz CT molecular complexity index is 815. The number of likely N-dealkylation sites (tertiary alicyclic amines) is 1. The minimum atomic E-state index is -5.08. The standard InChI is InChI=1S/C15H26N4O3S.C2HF3O2/c1-3-23(20,21)17-14-11-19(9-12-7-16-18(2)8-12)10-13-5-4-6-22-15(13)14;3-2(4,5)1(6)7/h7-8,13-15,17H,3-6,9-11H2,1-2H3;(H,6,7)/t13-,14+,15-;/m0./s1. The molecule has 1 aromatic heterocycles. The van der Waals surface area contributed by atoms with Crippen molar-refractivity contribution in [1.29, 1.82) is 0 Å². The molecule has 13 heteroatoms. The summed E-state index contributed by atoms with van der Waals surface area (Å²) in [7, 11) is -1.33. The molecule has 3 atom stereocenters. The van der Waals surface area contributed by atoms with Crippen LogP contribution in [0.1, 0.15) is 25.3 Å². The lowest BCUT2D eigenvalue weighted by Gasteiger charge is -2.45. The van der Waals surface area contributed by atoms with Gasteiger partial charge < -0.3 is 9.84 Å². The molecule has 0 saturated carbocycles. The Morgan fingerprint density at radius 2 is 2.07 bits per heavy atom. The van der Waals surface area contributed by atoms with E-state index in [1.807, 2.05) is 19.4 Å². The van der Waals surface area contributed by atoms with Crippen molar-refractivity contribution < 1.29 is 36.2 Å². The molecule has 0 bridgehead atoms. The number of aliphatic carboxylic acids is 1. The molecular weight excluding hydrogens is 429 g/mol. The number of hydrogen-bond donors (Lipinski definition) is 2. The van der Waals surface area contributed by atoms with Crippen LogP contribution >= 0.6 is 0 Å². The van der Waals surface area contributed by atoms with E-state index in [1.54, 1.807) is 11.6 Å². The van der Waals surface area contributed by atoms with Gasteiger partial charge in [-0.1, -0.05) is 0 Å². The number of sulfonamides is 1.